The molecule has 3 nitrogen and oxygen atoms in total. The average Bonchev–Trinajstić information content (AvgIpc) is 1.91. The van der Waals surface area contributed by atoms with Crippen molar-refractivity contribution in [2.24, 2.45) is 0 Å². The Bertz CT molecular complexity index is 469. The molecule has 0 aromatic carbocycles. The van der Waals surface area contributed by atoms with Gasteiger partial charge in [0, 0.05) is 0 Å². The first-order valence-electron chi connectivity index (χ1n) is 3.80. The minimum Gasteiger partial charge on any atom is -0.216 e. The van der Waals surface area contributed by atoms with E-state index in [-0.39, 0.29) is 0 Å². The molecule has 1 fully saturated rings. The van der Waals surface area contributed by atoms with Gasteiger partial charge in [0.15, 0.2) is 0 Å². The molecule has 1 rings (SSSR count). The lowest BCUT2D eigenvalue weighted by Gasteiger charge is -2.51. The molecule has 19 heavy (non-hydrogen) atoms. The third-order valence-electron chi connectivity index (χ3n) is 2.22. The van der Waals surface area contributed by atoms with E-state index in [0.717, 1.165) is 0 Å². The predicted octanol–water partition coefficient (Wildman–Crippen LogP) is 2.44. The van der Waals surface area contributed by atoms with Crippen molar-refractivity contribution in [3.63, 3.8) is 0 Å². The molecular formula is C5F10O3S. The number of hydrogen-bond donors (Lipinski definition) is 0. The van der Waals surface area contributed by atoms with Gasteiger partial charge in [0.25, 0.3) is 0 Å². The van der Waals surface area contributed by atoms with E-state index < -0.39 is 39.2 Å². The van der Waals surface area contributed by atoms with Crippen LogP contribution in [-0.4, -0.2) is 37.5 Å². The molecule has 1 aliphatic heterocycles. The first-order chi connectivity index (χ1) is 7.96. The summed E-state index contributed by atoms with van der Waals surface area (Å²) in [6.07, 6.45) is -21.1. The fraction of sp³-hybridized carbons (Fsp3) is 1.00. The zero-order valence-corrected chi connectivity index (χ0v) is 8.73. The lowest BCUT2D eigenvalue weighted by Crippen LogP contribution is -2.85. The van der Waals surface area contributed by atoms with Gasteiger partial charge in [-0.25, -0.2) is 4.18 Å². The molecule has 0 amide bonds. The monoisotopic (exact) mass is 330 g/mol. The van der Waals surface area contributed by atoms with Crippen LogP contribution >= 0.6 is 0 Å². The molecule has 114 valence electrons. The highest BCUT2D eigenvalue weighted by molar-refractivity contribution is 7.89. The highest BCUT2D eigenvalue weighted by Crippen LogP contribution is 2.67. The van der Waals surface area contributed by atoms with E-state index in [2.05, 4.69) is 4.18 Å². The van der Waals surface area contributed by atoms with E-state index in [1.54, 1.807) is 0 Å². The van der Waals surface area contributed by atoms with Gasteiger partial charge in [-0.1, -0.05) is 0 Å². The molecule has 0 saturated carbocycles. The van der Waals surface area contributed by atoms with Gasteiger partial charge in [0.1, 0.15) is 0 Å². The molecule has 0 N–H and O–H groups in total. The van der Waals surface area contributed by atoms with E-state index in [1.165, 1.54) is 0 Å². The van der Waals surface area contributed by atoms with Crippen LogP contribution in [0.5, 0.6) is 0 Å². The summed E-state index contributed by atoms with van der Waals surface area (Å²) < 4.78 is 139. The summed E-state index contributed by atoms with van der Waals surface area (Å²) in [6.45, 7) is 0. The maximum Gasteiger partial charge on any atom is 0.452 e. The molecule has 0 spiro atoms. The SMILES string of the molecule is O=S1(=O)OC(F)(C(F)(F)F)C1(C(F)(F)F)C(F)(F)F. The molecule has 0 aromatic rings. The van der Waals surface area contributed by atoms with Crippen molar-refractivity contribution in [2.75, 3.05) is 0 Å². The van der Waals surface area contributed by atoms with Gasteiger partial charge in [-0.2, -0.15) is 52.3 Å². The molecular weight excluding hydrogens is 330 g/mol. The van der Waals surface area contributed by atoms with Gasteiger partial charge < -0.3 is 0 Å². The van der Waals surface area contributed by atoms with Crippen LogP contribution in [0.1, 0.15) is 0 Å². The van der Waals surface area contributed by atoms with Crippen LogP contribution in [0.4, 0.5) is 43.9 Å². The summed E-state index contributed by atoms with van der Waals surface area (Å²) in [5.74, 6) is -6.46. The number of hydrogen-bond acceptors (Lipinski definition) is 3. The molecule has 1 atom stereocenters. The molecule has 0 radical (unpaired) electrons. The van der Waals surface area contributed by atoms with Gasteiger partial charge in [0.2, 0.25) is 0 Å². The minimum atomic E-state index is -7.13. The fourth-order valence-corrected chi connectivity index (χ4v) is 3.03. The largest absolute Gasteiger partial charge is 0.452 e. The fourth-order valence-electron chi connectivity index (χ4n) is 1.45. The van der Waals surface area contributed by atoms with E-state index in [1.807, 2.05) is 0 Å². The standard InChI is InChI=1S/C5F10O3S/c6-2(5(13,14)15)1(3(7,8)9,4(10,11)12)19(16,17)18-2. The maximum absolute atomic E-state index is 13.1. The highest BCUT2D eigenvalue weighted by Gasteiger charge is 3.02. The number of alkyl halides is 10. The Hall–Kier alpha value is -0.790. The Morgan fingerprint density at radius 3 is 1.16 bits per heavy atom. The third-order valence-corrected chi connectivity index (χ3v) is 4.14. The van der Waals surface area contributed by atoms with E-state index in [9.17, 15) is 52.3 Å². The zero-order chi connectivity index (χ0) is 15.7. The van der Waals surface area contributed by atoms with Crippen LogP contribution in [0.25, 0.3) is 0 Å². The van der Waals surface area contributed by atoms with Crippen molar-refractivity contribution in [3.8, 4) is 0 Å². The quantitative estimate of drug-likeness (QED) is 0.506. The van der Waals surface area contributed by atoms with Gasteiger partial charge in [0.05, 0.1) is 0 Å². The normalized spacial score (nSPS) is 30.8. The summed E-state index contributed by atoms with van der Waals surface area (Å²) in [6, 6.07) is 0. The van der Waals surface area contributed by atoms with Crippen molar-refractivity contribution in [3.05, 3.63) is 0 Å². The van der Waals surface area contributed by atoms with Crippen molar-refractivity contribution in [2.45, 2.75) is 29.1 Å². The van der Waals surface area contributed by atoms with Crippen LogP contribution < -0.4 is 0 Å². The predicted molar refractivity (Wildman–Crippen MR) is 34.7 cm³/mol. The van der Waals surface area contributed by atoms with Crippen LogP contribution in [0.15, 0.2) is 0 Å². The number of halogens is 10. The van der Waals surface area contributed by atoms with Crippen LogP contribution in [0.2, 0.25) is 0 Å². The van der Waals surface area contributed by atoms with E-state index in [4.69, 9.17) is 0 Å². The van der Waals surface area contributed by atoms with Crippen molar-refractivity contribution < 1.29 is 56.5 Å². The van der Waals surface area contributed by atoms with Gasteiger partial charge in [-0.05, 0) is 0 Å². The van der Waals surface area contributed by atoms with Crippen LogP contribution in [-0.2, 0) is 14.3 Å². The van der Waals surface area contributed by atoms with Crippen LogP contribution in [0, 0.1) is 0 Å². The first-order valence-corrected chi connectivity index (χ1v) is 5.21. The Balaban J connectivity index is 3.78. The van der Waals surface area contributed by atoms with E-state index in [0.29, 0.717) is 0 Å². The lowest BCUT2D eigenvalue weighted by molar-refractivity contribution is -0.420. The lowest BCUT2D eigenvalue weighted by atomic mass is 9.96. The van der Waals surface area contributed by atoms with Crippen molar-refractivity contribution in [1.29, 1.82) is 0 Å². The Kier molecular flexibility index (Phi) is 2.95. The molecule has 1 unspecified atom stereocenters. The number of rotatable bonds is 0. The van der Waals surface area contributed by atoms with Gasteiger partial charge in [-0.3, -0.25) is 0 Å². The second kappa shape index (κ2) is 3.45. The second-order valence-corrected chi connectivity index (χ2v) is 4.99. The molecule has 1 heterocycles. The summed E-state index contributed by atoms with van der Waals surface area (Å²) in [7, 11) is -6.94. The Morgan fingerprint density at radius 2 is 1.05 bits per heavy atom. The highest BCUT2D eigenvalue weighted by atomic mass is 32.2. The van der Waals surface area contributed by atoms with E-state index >= 15 is 0 Å². The summed E-state index contributed by atoms with van der Waals surface area (Å²) in [5.41, 5.74) is 0. The average molecular weight is 330 g/mol. The zero-order valence-electron chi connectivity index (χ0n) is 7.91. The summed E-state index contributed by atoms with van der Waals surface area (Å²) >= 11 is 0. The minimum absolute atomic E-state index is 2.29. The first kappa shape index (κ1) is 16.3. The second-order valence-electron chi connectivity index (χ2n) is 3.31. The van der Waals surface area contributed by atoms with Crippen LogP contribution in [0.3, 0.4) is 0 Å². The topological polar surface area (TPSA) is 43.4 Å². The summed E-state index contributed by atoms with van der Waals surface area (Å²) in [5, 5.41) is 0. The maximum atomic E-state index is 13.1. The van der Waals surface area contributed by atoms with Gasteiger partial charge in [-0.15, -0.1) is 0 Å². The molecule has 0 aliphatic carbocycles. The van der Waals surface area contributed by atoms with Gasteiger partial charge >= 0.3 is 39.2 Å². The van der Waals surface area contributed by atoms with Crippen molar-refractivity contribution >= 4 is 10.1 Å². The molecule has 1 aliphatic rings. The smallest absolute Gasteiger partial charge is 0.216 e. The van der Waals surface area contributed by atoms with Crippen molar-refractivity contribution in [1.82, 2.24) is 0 Å². The Morgan fingerprint density at radius 1 is 0.737 bits per heavy atom. The third kappa shape index (κ3) is 1.58. The molecule has 0 aromatic heterocycles. The molecule has 0 bridgehead atoms. The molecule has 1 saturated heterocycles. The molecule has 14 heteroatoms. The Labute approximate surface area is 96.8 Å². The summed E-state index contributed by atoms with van der Waals surface area (Å²) in [4.78, 5) is 0.